The van der Waals surface area contributed by atoms with Gasteiger partial charge < -0.3 is 43.7 Å². The molecule has 0 bridgehead atoms. The van der Waals surface area contributed by atoms with E-state index in [0.717, 1.165) is 5.75 Å². The highest BCUT2D eigenvalue weighted by Gasteiger charge is 2.08. The molecule has 258 valence electrons. The first-order valence-electron chi connectivity index (χ1n) is 14.3. The van der Waals surface area contributed by atoms with Crippen molar-refractivity contribution < 1.29 is 53.5 Å². The lowest BCUT2D eigenvalue weighted by Gasteiger charge is -2.18. The molecular formula is C29H58O11S3. The van der Waals surface area contributed by atoms with Gasteiger partial charge in [-0.15, -0.1) is 0 Å². The van der Waals surface area contributed by atoms with Crippen molar-refractivity contribution >= 4 is 37.9 Å². The number of thiol groups is 3. The fourth-order valence-corrected chi connectivity index (χ4v) is 2.71. The van der Waals surface area contributed by atoms with Crippen LogP contribution in [0.5, 0.6) is 5.75 Å². The zero-order valence-electron chi connectivity index (χ0n) is 26.9. The van der Waals surface area contributed by atoms with Gasteiger partial charge in [0.05, 0.1) is 66.1 Å². The first kappa shape index (κ1) is 47.1. The van der Waals surface area contributed by atoms with E-state index in [4.69, 9.17) is 43.7 Å². The fraction of sp³-hybridized carbons (Fsp3) is 0.793. The summed E-state index contributed by atoms with van der Waals surface area (Å²) in [5, 5.41) is 25.5. The van der Waals surface area contributed by atoms with E-state index in [2.05, 4.69) is 47.7 Å². The number of aliphatic hydroxyl groups excluding tert-OH is 3. The Morgan fingerprint density at radius 2 is 1.19 bits per heavy atom. The summed E-state index contributed by atoms with van der Waals surface area (Å²) >= 11 is 12.2. The second-order valence-electron chi connectivity index (χ2n) is 8.76. The molecule has 0 fully saturated rings. The highest BCUT2D eigenvalue weighted by atomic mass is 32.1. The van der Waals surface area contributed by atoms with Crippen LogP contribution in [0, 0.1) is 0 Å². The summed E-state index contributed by atoms with van der Waals surface area (Å²) < 4.78 is 31.5. The van der Waals surface area contributed by atoms with E-state index < -0.39 is 0 Å². The molecule has 0 saturated carbocycles. The average Bonchev–Trinajstić information content (AvgIpc) is 3.00. The van der Waals surface area contributed by atoms with Crippen LogP contribution >= 0.6 is 37.9 Å². The maximum Gasteiger partial charge on any atom is 0.155 e. The molecule has 0 aliphatic heterocycles. The topological polar surface area (TPSA) is 135 Å². The minimum absolute atomic E-state index is 0.0253. The van der Waals surface area contributed by atoms with Crippen molar-refractivity contribution in [1.29, 1.82) is 0 Å². The lowest BCUT2D eigenvalue weighted by atomic mass is 10.3. The van der Waals surface area contributed by atoms with Gasteiger partial charge in [-0.05, 0) is 53.7 Å². The van der Waals surface area contributed by atoms with Gasteiger partial charge in [-0.1, -0.05) is 18.2 Å². The van der Waals surface area contributed by atoms with Crippen LogP contribution in [0.2, 0.25) is 0 Å². The second kappa shape index (κ2) is 36.1. The van der Waals surface area contributed by atoms with E-state index in [1.807, 2.05) is 71.9 Å². The van der Waals surface area contributed by atoms with E-state index in [0.29, 0.717) is 46.2 Å². The van der Waals surface area contributed by atoms with Crippen LogP contribution in [-0.4, -0.2) is 123 Å². The van der Waals surface area contributed by atoms with Crippen molar-refractivity contribution in [2.24, 2.45) is 0 Å². The molecule has 1 aromatic carbocycles. The maximum absolute atomic E-state index is 8.68. The first-order valence-corrected chi connectivity index (χ1v) is 15.8. The summed E-state index contributed by atoms with van der Waals surface area (Å²) in [5.41, 5.74) is 0. The smallest absolute Gasteiger partial charge is 0.155 e. The number of rotatable bonds is 21. The van der Waals surface area contributed by atoms with E-state index in [9.17, 15) is 0 Å². The number of para-hydroxylation sites is 1. The second-order valence-corrected chi connectivity index (χ2v) is 11.0. The third-order valence-electron chi connectivity index (χ3n) is 4.33. The van der Waals surface area contributed by atoms with E-state index in [1.54, 1.807) is 0 Å². The molecule has 3 N–H and O–H groups in total. The molecule has 0 spiro atoms. The average molecular weight is 679 g/mol. The predicted molar refractivity (Wildman–Crippen MR) is 180 cm³/mol. The van der Waals surface area contributed by atoms with Crippen LogP contribution in [0.4, 0.5) is 0 Å². The Morgan fingerprint density at radius 3 is 1.60 bits per heavy atom. The molecule has 0 radical (unpaired) electrons. The zero-order valence-corrected chi connectivity index (χ0v) is 29.6. The van der Waals surface area contributed by atoms with Gasteiger partial charge in [0.25, 0.3) is 0 Å². The zero-order chi connectivity index (χ0) is 33.3. The van der Waals surface area contributed by atoms with Gasteiger partial charge in [0.1, 0.15) is 12.4 Å². The number of hydrogen-bond acceptors (Lipinski definition) is 14. The molecule has 1 aromatic rings. The van der Waals surface area contributed by atoms with E-state index in [1.165, 1.54) is 7.11 Å². The summed E-state index contributed by atoms with van der Waals surface area (Å²) in [5.74, 6) is 0.839. The molecule has 0 heterocycles. The van der Waals surface area contributed by atoms with Crippen LogP contribution in [-0.2, 0) is 33.5 Å². The summed E-state index contributed by atoms with van der Waals surface area (Å²) in [6.45, 7) is 14.9. The lowest BCUT2D eigenvalue weighted by Crippen LogP contribution is -2.23. The number of ether oxygens (including phenoxy) is 6. The predicted octanol–water partition coefficient (Wildman–Crippen LogP) is 3.70. The standard InChI is InChI=1S/C11H16O3S.C8H18O3S.C7H16O3S.C3H8O2/c12-8-11(15)9-13-6-7-14-10-4-2-1-3-5-10;1-6(2)11-7(3)10-5-8(12)4-9;1-3-9-6(2)10-5-7(11)4-8;1-3-5-4-2/h1-5,11-12,15H,6-9H2;6-9,12H,4-5H2,1-3H3;6-8,11H,3-5H2,1-2H3;3H2,1-2H3. The van der Waals surface area contributed by atoms with Crippen molar-refractivity contribution in [3.8, 4) is 5.75 Å². The summed E-state index contributed by atoms with van der Waals surface area (Å²) in [7, 11) is 1.49. The van der Waals surface area contributed by atoms with Crippen molar-refractivity contribution in [1.82, 2.24) is 0 Å². The summed E-state index contributed by atoms with van der Waals surface area (Å²) in [6, 6.07) is 9.58. The molecule has 5 unspecified atom stereocenters. The molecule has 0 aromatic heterocycles. The number of aliphatic hydroxyl groups is 3. The van der Waals surface area contributed by atoms with Gasteiger partial charge >= 0.3 is 0 Å². The van der Waals surface area contributed by atoms with E-state index >= 15 is 0 Å². The molecule has 0 amide bonds. The van der Waals surface area contributed by atoms with Crippen molar-refractivity contribution in [2.45, 2.75) is 76.0 Å². The highest BCUT2D eigenvalue weighted by molar-refractivity contribution is 7.81. The highest BCUT2D eigenvalue weighted by Crippen LogP contribution is 2.07. The SMILES string of the molecule is CC(C)OC(C)OCC(S)CO.CCOC(C)OCC(S)CO.CCOOC.OCC(S)COCCOc1ccccc1. The minimum atomic E-state index is -0.230. The summed E-state index contributed by atoms with van der Waals surface area (Å²) in [6.07, 6.45) is -0.278. The van der Waals surface area contributed by atoms with Crippen LogP contribution in [0.1, 0.15) is 41.5 Å². The molecule has 1 rings (SSSR count). The van der Waals surface area contributed by atoms with Gasteiger partial charge in [0.15, 0.2) is 12.6 Å². The number of benzene rings is 1. The number of hydrogen-bond donors (Lipinski definition) is 6. The minimum Gasteiger partial charge on any atom is -0.491 e. The molecule has 5 atom stereocenters. The Labute approximate surface area is 276 Å². The third-order valence-corrected chi connectivity index (χ3v) is 5.27. The van der Waals surface area contributed by atoms with Crippen LogP contribution in [0.15, 0.2) is 30.3 Å². The van der Waals surface area contributed by atoms with Crippen LogP contribution < -0.4 is 4.74 Å². The Kier molecular flexibility index (Phi) is 39.6. The van der Waals surface area contributed by atoms with Gasteiger partial charge in [-0.3, -0.25) is 0 Å². The van der Waals surface area contributed by atoms with Gasteiger partial charge in [0.2, 0.25) is 0 Å². The summed E-state index contributed by atoms with van der Waals surface area (Å²) in [4.78, 5) is 8.52. The maximum atomic E-state index is 8.68. The molecular weight excluding hydrogens is 621 g/mol. The normalized spacial score (nSPS) is 14.1. The molecule has 14 heteroatoms. The Morgan fingerprint density at radius 1 is 0.674 bits per heavy atom. The van der Waals surface area contributed by atoms with Crippen LogP contribution in [0.3, 0.4) is 0 Å². The molecule has 0 saturated heterocycles. The fourth-order valence-electron chi connectivity index (χ4n) is 2.43. The van der Waals surface area contributed by atoms with Gasteiger partial charge in [0, 0.05) is 22.4 Å². The van der Waals surface area contributed by atoms with Gasteiger partial charge in [-0.2, -0.15) is 37.9 Å². The monoisotopic (exact) mass is 678 g/mol. The largest absolute Gasteiger partial charge is 0.491 e. The molecule has 43 heavy (non-hydrogen) atoms. The van der Waals surface area contributed by atoms with Crippen molar-refractivity contribution in [3.05, 3.63) is 30.3 Å². The molecule has 0 aliphatic carbocycles. The molecule has 0 aliphatic rings. The van der Waals surface area contributed by atoms with E-state index in [-0.39, 0.29) is 54.3 Å². The third kappa shape index (κ3) is 39.6. The molecule has 11 nitrogen and oxygen atoms in total. The quantitative estimate of drug-likeness (QED) is 0.0374. The lowest BCUT2D eigenvalue weighted by molar-refractivity contribution is -0.268. The van der Waals surface area contributed by atoms with Gasteiger partial charge in [-0.25, -0.2) is 9.78 Å². The Balaban J connectivity index is -0.000000523. The first-order chi connectivity index (χ1) is 20.5. The van der Waals surface area contributed by atoms with Crippen molar-refractivity contribution in [2.75, 3.05) is 73.2 Å². The Bertz CT molecular complexity index is 649. The van der Waals surface area contributed by atoms with Crippen molar-refractivity contribution in [3.63, 3.8) is 0 Å². The van der Waals surface area contributed by atoms with Crippen LogP contribution in [0.25, 0.3) is 0 Å². The Hall–Kier alpha value is -0.330.